The average molecular weight is 303 g/mol. The average Bonchev–Trinajstić information content (AvgIpc) is 2.53. The molecule has 1 N–H and O–H groups in total. The quantitative estimate of drug-likeness (QED) is 0.878. The van der Waals surface area contributed by atoms with Gasteiger partial charge in [-0.05, 0) is 62.7 Å². The predicted octanol–water partition coefficient (Wildman–Crippen LogP) is 2.50. The number of pyridine rings is 1. The maximum atomic E-state index is 12.2. The SMILES string of the molecule is CC(C)CNC(=O)C(C)N1CCC(Cc2cccnc2)CC1. The molecule has 1 aromatic rings. The number of hydrogen-bond donors (Lipinski definition) is 1. The molecule has 0 radical (unpaired) electrons. The van der Waals surface area contributed by atoms with Crippen molar-refractivity contribution in [2.24, 2.45) is 11.8 Å². The number of rotatable bonds is 6. The third-order valence-corrected chi connectivity index (χ3v) is 4.51. The molecule has 0 spiro atoms. The summed E-state index contributed by atoms with van der Waals surface area (Å²) in [5.74, 6) is 1.38. The van der Waals surface area contributed by atoms with Gasteiger partial charge in [0.25, 0.3) is 0 Å². The van der Waals surface area contributed by atoms with Crippen molar-refractivity contribution in [3.63, 3.8) is 0 Å². The molecule has 0 saturated carbocycles. The number of carbonyl (C=O) groups is 1. The van der Waals surface area contributed by atoms with E-state index in [9.17, 15) is 4.79 Å². The molecule has 22 heavy (non-hydrogen) atoms. The molecule has 1 aliphatic rings. The Labute approximate surface area is 134 Å². The number of likely N-dealkylation sites (tertiary alicyclic amines) is 1. The van der Waals surface area contributed by atoms with Crippen molar-refractivity contribution in [3.8, 4) is 0 Å². The summed E-state index contributed by atoms with van der Waals surface area (Å²) in [7, 11) is 0. The van der Waals surface area contributed by atoms with E-state index >= 15 is 0 Å². The minimum atomic E-state index is -0.0157. The van der Waals surface area contributed by atoms with Crippen molar-refractivity contribution in [1.29, 1.82) is 0 Å². The molecule has 4 heteroatoms. The summed E-state index contributed by atoms with van der Waals surface area (Å²) in [6, 6.07) is 4.14. The van der Waals surface area contributed by atoms with Crippen molar-refractivity contribution in [2.75, 3.05) is 19.6 Å². The van der Waals surface area contributed by atoms with Crippen LogP contribution in [0, 0.1) is 11.8 Å². The number of amides is 1. The van der Waals surface area contributed by atoms with Gasteiger partial charge in [-0.3, -0.25) is 14.7 Å². The fourth-order valence-electron chi connectivity index (χ4n) is 3.01. The van der Waals surface area contributed by atoms with Gasteiger partial charge in [-0.25, -0.2) is 0 Å². The molecule has 2 heterocycles. The minimum absolute atomic E-state index is 0.0157. The maximum Gasteiger partial charge on any atom is 0.237 e. The lowest BCUT2D eigenvalue weighted by atomic mass is 9.90. The van der Waals surface area contributed by atoms with Crippen LogP contribution in [-0.4, -0.2) is 41.5 Å². The van der Waals surface area contributed by atoms with Crippen LogP contribution in [0.1, 0.15) is 39.2 Å². The number of aromatic nitrogens is 1. The van der Waals surface area contributed by atoms with Crippen LogP contribution < -0.4 is 5.32 Å². The largest absolute Gasteiger partial charge is 0.354 e. The van der Waals surface area contributed by atoms with Gasteiger partial charge in [-0.2, -0.15) is 0 Å². The standard InChI is InChI=1S/C18H29N3O/c1-14(2)12-20-18(22)15(3)21-9-6-16(7-10-21)11-17-5-4-8-19-13-17/h4-5,8,13-16H,6-7,9-12H2,1-3H3,(H,20,22). The van der Waals surface area contributed by atoms with E-state index in [2.05, 4.69) is 35.1 Å². The van der Waals surface area contributed by atoms with Gasteiger partial charge in [0, 0.05) is 18.9 Å². The molecule has 1 fully saturated rings. The first-order valence-corrected chi connectivity index (χ1v) is 8.47. The van der Waals surface area contributed by atoms with Crippen LogP contribution in [0.4, 0.5) is 0 Å². The van der Waals surface area contributed by atoms with E-state index in [4.69, 9.17) is 0 Å². The first-order chi connectivity index (χ1) is 10.6. The van der Waals surface area contributed by atoms with Crippen molar-refractivity contribution in [2.45, 2.75) is 46.1 Å². The van der Waals surface area contributed by atoms with Crippen molar-refractivity contribution >= 4 is 5.91 Å². The van der Waals surface area contributed by atoms with Gasteiger partial charge in [-0.15, -0.1) is 0 Å². The summed E-state index contributed by atoms with van der Waals surface area (Å²) in [5, 5.41) is 3.04. The smallest absolute Gasteiger partial charge is 0.237 e. The Bertz CT molecular complexity index is 453. The Morgan fingerprint density at radius 3 is 2.68 bits per heavy atom. The van der Waals surface area contributed by atoms with E-state index in [1.165, 1.54) is 5.56 Å². The first-order valence-electron chi connectivity index (χ1n) is 8.47. The number of hydrogen-bond acceptors (Lipinski definition) is 3. The van der Waals surface area contributed by atoms with Crippen LogP contribution in [0.3, 0.4) is 0 Å². The Morgan fingerprint density at radius 1 is 1.36 bits per heavy atom. The topological polar surface area (TPSA) is 45.2 Å². The second kappa shape index (κ2) is 8.28. The highest BCUT2D eigenvalue weighted by Gasteiger charge is 2.26. The fraction of sp³-hybridized carbons (Fsp3) is 0.667. The Kier molecular flexibility index (Phi) is 6.37. The van der Waals surface area contributed by atoms with Crippen LogP contribution in [0.2, 0.25) is 0 Å². The lowest BCUT2D eigenvalue weighted by Gasteiger charge is -2.35. The molecule has 0 aliphatic carbocycles. The molecule has 1 aromatic heterocycles. The van der Waals surface area contributed by atoms with Crippen molar-refractivity contribution in [3.05, 3.63) is 30.1 Å². The summed E-state index contributed by atoms with van der Waals surface area (Å²) in [6.07, 6.45) is 7.22. The van der Waals surface area contributed by atoms with Crippen molar-refractivity contribution in [1.82, 2.24) is 15.2 Å². The van der Waals surface area contributed by atoms with Crippen LogP contribution in [0.5, 0.6) is 0 Å². The molecule has 2 rings (SSSR count). The Morgan fingerprint density at radius 2 is 2.09 bits per heavy atom. The van der Waals surface area contributed by atoms with Gasteiger partial charge < -0.3 is 5.32 Å². The summed E-state index contributed by atoms with van der Waals surface area (Å²) >= 11 is 0. The number of piperidine rings is 1. The van der Waals surface area contributed by atoms with E-state index in [1.54, 1.807) is 0 Å². The fourth-order valence-corrected chi connectivity index (χ4v) is 3.01. The van der Waals surface area contributed by atoms with Crippen LogP contribution in [0.25, 0.3) is 0 Å². The highest BCUT2D eigenvalue weighted by molar-refractivity contribution is 5.81. The van der Waals surface area contributed by atoms with Crippen LogP contribution >= 0.6 is 0 Å². The molecule has 0 aromatic carbocycles. The zero-order valence-electron chi connectivity index (χ0n) is 14.1. The van der Waals surface area contributed by atoms with Gasteiger partial charge in [0.05, 0.1) is 6.04 Å². The number of carbonyl (C=O) groups excluding carboxylic acids is 1. The predicted molar refractivity (Wildman–Crippen MR) is 89.5 cm³/mol. The molecular weight excluding hydrogens is 274 g/mol. The molecule has 4 nitrogen and oxygen atoms in total. The van der Waals surface area contributed by atoms with E-state index < -0.39 is 0 Å². The lowest BCUT2D eigenvalue weighted by molar-refractivity contribution is -0.126. The zero-order valence-corrected chi connectivity index (χ0v) is 14.1. The minimum Gasteiger partial charge on any atom is -0.354 e. The number of nitrogens with one attached hydrogen (secondary N) is 1. The molecule has 1 aliphatic heterocycles. The second-order valence-corrected chi connectivity index (χ2v) is 6.86. The molecule has 1 amide bonds. The second-order valence-electron chi connectivity index (χ2n) is 6.86. The molecule has 0 bridgehead atoms. The third kappa shape index (κ3) is 5.09. The van der Waals surface area contributed by atoms with Crippen molar-refractivity contribution < 1.29 is 4.79 Å². The van der Waals surface area contributed by atoms with Crippen LogP contribution in [0.15, 0.2) is 24.5 Å². The summed E-state index contributed by atoms with van der Waals surface area (Å²) in [4.78, 5) is 18.7. The molecule has 1 atom stereocenters. The maximum absolute atomic E-state index is 12.2. The Balaban J connectivity index is 1.75. The molecular formula is C18H29N3O. The van der Waals surface area contributed by atoms with E-state index in [0.717, 1.165) is 38.9 Å². The lowest BCUT2D eigenvalue weighted by Crippen LogP contribution is -2.49. The summed E-state index contributed by atoms with van der Waals surface area (Å²) < 4.78 is 0. The summed E-state index contributed by atoms with van der Waals surface area (Å²) in [6.45, 7) is 9.06. The molecule has 122 valence electrons. The van der Waals surface area contributed by atoms with E-state index in [0.29, 0.717) is 11.8 Å². The number of nitrogens with zero attached hydrogens (tertiary/aromatic N) is 2. The van der Waals surface area contributed by atoms with Gasteiger partial charge >= 0.3 is 0 Å². The normalized spacial score (nSPS) is 18.4. The first kappa shape index (κ1) is 16.9. The van der Waals surface area contributed by atoms with Gasteiger partial charge in [0.2, 0.25) is 5.91 Å². The van der Waals surface area contributed by atoms with Gasteiger partial charge in [0.1, 0.15) is 0 Å². The Hall–Kier alpha value is -1.42. The molecule has 1 saturated heterocycles. The highest BCUT2D eigenvalue weighted by atomic mass is 16.2. The van der Waals surface area contributed by atoms with Gasteiger partial charge in [0.15, 0.2) is 0 Å². The third-order valence-electron chi connectivity index (χ3n) is 4.51. The highest BCUT2D eigenvalue weighted by Crippen LogP contribution is 2.22. The monoisotopic (exact) mass is 303 g/mol. The van der Waals surface area contributed by atoms with Gasteiger partial charge in [-0.1, -0.05) is 19.9 Å². The van der Waals surface area contributed by atoms with E-state index in [1.807, 2.05) is 25.4 Å². The summed E-state index contributed by atoms with van der Waals surface area (Å²) in [5.41, 5.74) is 1.32. The van der Waals surface area contributed by atoms with E-state index in [-0.39, 0.29) is 11.9 Å². The van der Waals surface area contributed by atoms with Crippen LogP contribution in [-0.2, 0) is 11.2 Å². The zero-order chi connectivity index (χ0) is 15.9. The molecule has 1 unspecified atom stereocenters.